The smallest absolute Gasteiger partial charge is 0.185 e. The van der Waals surface area contributed by atoms with Gasteiger partial charge in [-0.25, -0.2) is 4.98 Å². The van der Waals surface area contributed by atoms with Crippen molar-refractivity contribution >= 4 is 16.5 Å². The van der Waals surface area contributed by atoms with E-state index in [1.165, 1.54) is 12.8 Å². The highest BCUT2D eigenvalue weighted by molar-refractivity contribution is 7.15. The van der Waals surface area contributed by atoms with Crippen molar-refractivity contribution in [1.82, 2.24) is 4.98 Å². The number of aryl methyl sites for hydroxylation is 1. The molecule has 0 aliphatic rings. The highest BCUT2D eigenvalue weighted by Crippen LogP contribution is 2.28. The molecule has 0 spiro atoms. The zero-order valence-electron chi connectivity index (χ0n) is 12.1. The number of hydrogen-bond donors (Lipinski definition) is 1. The van der Waals surface area contributed by atoms with Crippen molar-refractivity contribution in [3.63, 3.8) is 0 Å². The molecule has 104 valence electrons. The number of hydrogen-bond acceptors (Lipinski definition) is 4. The summed E-state index contributed by atoms with van der Waals surface area (Å²) in [5.74, 6) is 0.733. The van der Waals surface area contributed by atoms with Crippen LogP contribution in [0.1, 0.15) is 51.1 Å². The molecule has 0 saturated heterocycles. The van der Waals surface area contributed by atoms with Gasteiger partial charge in [0, 0.05) is 13.1 Å². The molecule has 0 aliphatic carbocycles. The molecule has 1 aromatic heterocycles. The normalized spacial score (nSPS) is 11.2. The van der Waals surface area contributed by atoms with Gasteiger partial charge in [0.1, 0.15) is 0 Å². The second kappa shape index (κ2) is 7.74. The van der Waals surface area contributed by atoms with E-state index >= 15 is 0 Å². The Hall–Kier alpha value is -0.610. The Morgan fingerprint density at radius 2 is 1.89 bits per heavy atom. The molecule has 0 saturated carbocycles. The van der Waals surface area contributed by atoms with Gasteiger partial charge in [0.25, 0.3) is 0 Å². The van der Waals surface area contributed by atoms with Crippen LogP contribution in [0.5, 0.6) is 0 Å². The largest absolute Gasteiger partial charge is 0.391 e. The van der Waals surface area contributed by atoms with Crippen LogP contribution in [0.2, 0.25) is 0 Å². The van der Waals surface area contributed by atoms with Crippen LogP contribution >= 0.6 is 11.3 Å². The molecule has 0 aromatic carbocycles. The van der Waals surface area contributed by atoms with E-state index in [1.54, 1.807) is 11.3 Å². The second-order valence-electron chi connectivity index (χ2n) is 4.60. The van der Waals surface area contributed by atoms with Crippen LogP contribution in [0.4, 0.5) is 5.13 Å². The van der Waals surface area contributed by atoms with Crippen molar-refractivity contribution in [2.45, 2.75) is 53.6 Å². The lowest BCUT2D eigenvalue weighted by Gasteiger charge is -2.24. The Bertz CT molecular complexity index is 326. The van der Waals surface area contributed by atoms with Crippen molar-refractivity contribution in [2.75, 3.05) is 18.0 Å². The molecule has 0 unspecified atom stereocenters. The number of anilines is 1. The number of rotatable bonds is 8. The van der Waals surface area contributed by atoms with E-state index < -0.39 is 0 Å². The van der Waals surface area contributed by atoms with Gasteiger partial charge < -0.3 is 10.0 Å². The second-order valence-corrected chi connectivity index (χ2v) is 5.66. The summed E-state index contributed by atoms with van der Waals surface area (Å²) < 4.78 is 0. The molecule has 1 rings (SSSR count). The summed E-state index contributed by atoms with van der Waals surface area (Å²) in [4.78, 5) is 8.05. The molecule has 4 heteroatoms. The molecule has 1 aromatic rings. The molecule has 1 N–H and O–H groups in total. The molecule has 0 atom stereocenters. The van der Waals surface area contributed by atoms with Gasteiger partial charge in [-0.2, -0.15) is 0 Å². The Balaban J connectivity index is 2.84. The number of nitrogens with zero attached hydrogens (tertiary/aromatic N) is 2. The highest BCUT2D eigenvalue weighted by Gasteiger charge is 2.16. The summed E-state index contributed by atoms with van der Waals surface area (Å²) in [5.41, 5.74) is 1.06. The van der Waals surface area contributed by atoms with Crippen LogP contribution in [0, 0.1) is 5.92 Å². The molecular weight excluding hydrogens is 244 g/mol. The van der Waals surface area contributed by atoms with Gasteiger partial charge in [0.15, 0.2) is 5.13 Å². The fourth-order valence-corrected chi connectivity index (χ4v) is 3.19. The molecule has 1 heterocycles. The predicted octanol–water partition coefficient (Wildman–Crippen LogP) is 3.46. The number of aromatic nitrogens is 1. The van der Waals surface area contributed by atoms with Crippen molar-refractivity contribution in [3.8, 4) is 0 Å². The summed E-state index contributed by atoms with van der Waals surface area (Å²) in [6.07, 6.45) is 3.33. The lowest BCUT2D eigenvalue weighted by atomic mass is 10.0. The average molecular weight is 270 g/mol. The Morgan fingerprint density at radius 1 is 1.22 bits per heavy atom. The zero-order valence-corrected chi connectivity index (χ0v) is 12.9. The predicted molar refractivity (Wildman–Crippen MR) is 79.4 cm³/mol. The zero-order chi connectivity index (χ0) is 13.5. The molecule has 0 aliphatic heterocycles. The van der Waals surface area contributed by atoms with E-state index in [0.29, 0.717) is 0 Å². The lowest BCUT2D eigenvalue weighted by Crippen LogP contribution is -2.28. The number of aliphatic hydroxyl groups is 1. The van der Waals surface area contributed by atoms with E-state index in [1.807, 2.05) is 0 Å². The first-order valence-electron chi connectivity index (χ1n) is 7.04. The topological polar surface area (TPSA) is 36.4 Å². The molecule has 0 bridgehead atoms. The van der Waals surface area contributed by atoms with Gasteiger partial charge in [-0.05, 0) is 19.3 Å². The Morgan fingerprint density at radius 3 is 2.28 bits per heavy atom. The minimum Gasteiger partial charge on any atom is -0.391 e. The fraction of sp³-hybridized carbons (Fsp3) is 0.786. The van der Waals surface area contributed by atoms with Crippen LogP contribution in [0.25, 0.3) is 0 Å². The molecule has 18 heavy (non-hydrogen) atoms. The third-order valence-corrected chi connectivity index (χ3v) is 4.67. The summed E-state index contributed by atoms with van der Waals surface area (Å²) in [5, 5.41) is 10.4. The van der Waals surface area contributed by atoms with Crippen molar-refractivity contribution in [2.24, 2.45) is 5.92 Å². The van der Waals surface area contributed by atoms with Crippen molar-refractivity contribution < 1.29 is 5.11 Å². The van der Waals surface area contributed by atoms with Crippen LogP contribution in [0.3, 0.4) is 0 Å². The van der Waals surface area contributed by atoms with Gasteiger partial charge in [-0.15, -0.1) is 0 Å². The molecular formula is C14H26N2OS. The molecule has 0 radical (unpaired) electrons. The van der Waals surface area contributed by atoms with Crippen LogP contribution in [-0.2, 0) is 13.0 Å². The Kier molecular flexibility index (Phi) is 6.65. The van der Waals surface area contributed by atoms with Gasteiger partial charge in [-0.1, -0.05) is 44.9 Å². The first-order valence-corrected chi connectivity index (χ1v) is 7.85. The maximum atomic E-state index is 9.34. The number of thiazole rings is 1. The molecule has 0 amide bonds. The van der Waals surface area contributed by atoms with Gasteiger partial charge in [-0.3, -0.25) is 0 Å². The SMILES string of the molecule is CCc1nc(N(CC)CC(CC)CC)sc1CO. The quantitative estimate of drug-likeness (QED) is 0.786. The summed E-state index contributed by atoms with van der Waals surface area (Å²) in [6.45, 7) is 10.9. The van der Waals surface area contributed by atoms with E-state index in [4.69, 9.17) is 0 Å². The van der Waals surface area contributed by atoms with Crippen LogP contribution in [-0.4, -0.2) is 23.2 Å². The van der Waals surface area contributed by atoms with Crippen LogP contribution < -0.4 is 4.90 Å². The minimum absolute atomic E-state index is 0.114. The van der Waals surface area contributed by atoms with E-state index in [-0.39, 0.29) is 6.61 Å². The fourth-order valence-electron chi connectivity index (χ4n) is 2.11. The van der Waals surface area contributed by atoms with Gasteiger partial charge in [0.05, 0.1) is 17.2 Å². The van der Waals surface area contributed by atoms with Crippen molar-refractivity contribution in [1.29, 1.82) is 0 Å². The number of aliphatic hydroxyl groups excluding tert-OH is 1. The van der Waals surface area contributed by atoms with E-state index in [2.05, 4.69) is 37.6 Å². The van der Waals surface area contributed by atoms with E-state index in [9.17, 15) is 5.11 Å². The summed E-state index contributed by atoms with van der Waals surface area (Å²) in [7, 11) is 0. The standard InChI is InChI=1S/C14H26N2OS/c1-5-11(6-2)9-16(8-4)14-15-12(7-3)13(10-17)18-14/h11,17H,5-10H2,1-4H3. The lowest BCUT2D eigenvalue weighted by molar-refractivity contribution is 0.284. The first kappa shape index (κ1) is 15.4. The maximum Gasteiger partial charge on any atom is 0.185 e. The summed E-state index contributed by atoms with van der Waals surface area (Å²) >= 11 is 1.64. The maximum absolute atomic E-state index is 9.34. The third kappa shape index (κ3) is 3.69. The first-order chi connectivity index (χ1) is 8.69. The monoisotopic (exact) mass is 270 g/mol. The van der Waals surface area contributed by atoms with Gasteiger partial charge in [0.2, 0.25) is 0 Å². The Labute approximate surface area is 115 Å². The van der Waals surface area contributed by atoms with E-state index in [0.717, 1.165) is 41.1 Å². The minimum atomic E-state index is 0.114. The van der Waals surface area contributed by atoms with Crippen molar-refractivity contribution in [3.05, 3.63) is 10.6 Å². The summed E-state index contributed by atoms with van der Waals surface area (Å²) in [6, 6.07) is 0. The van der Waals surface area contributed by atoms with Gasteiger partial charge >= 0.3 is 0 Å². The highest BCUT2D eigenvalue weighted by atomic mass is 32.1. The van der Waals surface area contributed by atoms with Crippen LogP contribution in [0.15, 0.2) is 0 Å². The molecule has 3 nitrogen and oxygen atoms in total. The average Bonchev–Trinajstić information content (AvgIpc) is 2.83. The third-order valence-electron chi connectivity index (χ3n) is 3.53. The molecule has 0 fully saturated rings.